The van der Waals surface area contributed by atoms with Crippen LogP contribution in [0.5, 0.6) is 0 Å². The van der Waals surface area contributed by atoms with Gasteiger partial charge in [0, 0.05) is 37.8 Å². The number of rotatable bonds is 7. The quantitative estimate of drug-likeness (QED) is 0.576. The summed E-state index contributed by atoms with van der Waals surface area (Å²) in [5.74, 6) is -0.172. The van der Waals surface area contributed by atoms with Crippen molar-refractivity contribution in [2.45, 2.75) is 19.4 Å². The van der Waals surface area contributed by atoms with Crippen LogP contribution in [0.25, 0.3) is 0 Å². The van der Waals surface area contributed by atoms with E-state index in [1.54, 1.807) is 38.2 Å². The number of nitro groups is 1. The molecule has 8 heteroatoms. The molecule has 27 heavy (non-hydrogen) atoms. The Hall–Kier alpha value is -3.42. The van der Waals surface area contributed by atoms with E-state index in [2.05, 4.69) is 10.6 Å². The average molecular weight is 370 g/mol. The predicted molar refractivity (Wildman–Crippen MR) is 102 cm³/mol. The van der Waals surface area contributed by atoms with Crippen LogP contribution in [0.2, 0.25) is 0 Å². The predicted octanol–water partition coefficient (Wildman–Crippen LogP) is 3.33. The number of nitrogens with one attached hydrogen (secondary N) is 2. The van der Waals surface area contributed by atoms with E-state index in [0.717, 1.165) is 0 Å². The number of urea groups is 1. The highest BCUT2D eigenvalue weighted by Crippen LogP contribution is 2.23. The van der Waals surface area contributed by atoms with E-state index in [1.165, 1.54) is 17.0 Å². The minimum absolute atomic E-state index is 0.0144. The summed E-state index contributed by atoms with van der Waals surface area (Å²) >= 11 is 0. The Bertz CT molecular complexity index is 810. The van der Waals surface area contributed by atoms with Crippen molar-refractivity contribution in [3.8, 4) is 0 Å². The van der Waals surface area contributed by atoms with Crippen molar-refractivity contribution in [2.75, 3.05) is 18.9 Å². The number of hydrogen-bond donors (Lipinski definition) is 2. The van der Waals surface area contributed by atoms with Crippen LogP contribution in [0.3, 0.4) is 0 Å². The standard InChI is InChI=1S/C19H22N4O4/c1-14(15-7-6-10-17(13-15)23(26)27)22(2)18(24)11-12-20-19(25)21-16-8-4-3-5-9-16/h3-10,13-14H,11-12H2,1-2H3,(H2,20,21,25). The second kappa shape index (κ2) is 9.33. The fraction of sp³-hybridized carbons (Fsp3) is 0.263. The van der Waals surface area contributed by atoms with Gasteiger partial charge >= 0.3 is 6.03 Å². The molecule has 2 N–H and O–H groups in total. The molecule has 3 amide bonds. The molecule has 0 radical (unpaired) electrons. The Balaban J connectivity index is 1.83. The van der Waals surface area contributed by atoms with Crippen LogP contribution in [-0.4, -0.2) is 35.4 Å². The van der Waals surface area contributed by atoms with Crippen LogP contribution in [0, 0.1) is 10.1 Å². The summed E-state index contributed by atoms with van der Waals surface area (Å²) in [6.07, 6.45) is 0.123. The first-order valence-corrected chi connectivity index (χ1v) is 8.48. The summed E-state index contributed by atoms with van der Waals surface area (Å²) in [5, 5.41) is 16.2. The van der Waals surface area contributed by atoms with Gasteiger partial charge in [0.2, 0.25) is 5.91 Å². The molecule has 0 fully saturated rings. The molecule has 0 heterocycles. The molecule has 8 nitrogen and oxygen atoms in total. The van der Waals surface area contributed by atoms with E-state index in [4.69, 9.17) is 0 Å². The smallest absolute Gasteiger partial charge is 0.319 e. The highest BCUT2D eigenvalue weighted by molar-refractivity contribution is 5.89. The third-order valence-corrected chi connectivity index (χ3v) is 4.19. The van der Waals surface area contributed by atoms with Gasteiger partial charge in [0.1, 0.15) is 0 Å². The summed E-state index contributed by atoms with van der Waals surface area (Å²) in [6, 6.07) is 14.5. The van der Waals surface area contributed by atoms with E-state index < -0.39 is 4.92 Å². The van der Waals surface area contributed by atoms with Crippen LogP contribution in [0.4, 0.5) is 16.2 Å². The summed E-state index contributed by atoms with van der Waals surface area (Å²) in [4.78, 5) is 36.1. The molecule has 2 aromatic rings. The number of benzene rings is 2. The first-order chi connectivity index (χ1) is 12.9. The molecule has 0 saturated heterocycles. The fourth-order valence-electron chi connectivity index (χ4n) is 2.49. The van der Waals surface area contributed by atoms with Crippen molar-refractivity contribution >= 4 is 23.3 Å². The summed E-state index contributed by atoms with van der Waals surface area (Å²) < 4.78 is 0. The zero-order valence-electron chi connectivity index (χ0n) is 15.2. The monoisotopic (exact) mass is 370 g/mol. The number of para-hydroxylation sites is 1. The number of hydrogen-bond acceptors (Lipinski definition) is 4. The lowest BCUT2D eigenvalue weighted by Crippen LogP contribution is -2.35. The first-order valence-electron chi connectivity index (χ1n) is 8.48. The summed E-state index contributed by atoms with van der Waals surface area (Å²) in [7, 11) is 1.63. The summed E-state index contributed by atoms with van der Waals surface area (Å²) in [5.41, 5.74) is 1.33. The molecule has 2 aromatic carbocycles. The number of amides is 3. The van der Waals surface area contributed by atoms with Gasteiger partial charge < -0.3 is 15.5 Å². The molecule has 2 rings (SSSR count). The van der Waals surface area contributed by atoms with Crippen LogP contribution in [0.1, 0.15) is 24.9 Å². The van der Waals surface area contributed by atoms with E-state index in [1.807, 2.05) is 18.2 Å². The van der Waals surface area contributed by atoms with Gasteiger partial charge in [0.25, 0.3) is 5.69 Å². The molecule has 1 unspecified atom stereocenters. The fourth-order valence-corrected chi connectivity index (χ4v) is 2.49. The van der Waals surface area contributed by atoms with Crippen LogP contribution in [-0.2, 0) is 4.79 Å². The maximum Gasteiger partial charge on any atom is 0.319 e. The molecule has 0 aromatic heterocycles. The second-order valence-corrected chi connectivity index (χ2v) is 6.03. The molecular formula is C19H22N4O4. The van der Waals surface area contributed by atoms with Gasteiger partial charge in [-0.05, 0) is 24.6 Å². The highest BCUT2D eigenvalue weighted by Gasteiger charge is 2.19. The Morgan fingerprint density at radius 1 is 1.15 bits per heavy atom. The van der Waals surface area contributed by atoms with Crippen molar-refractivity contribution in [3.05, 3.63) is 70.3 Å². The van der Waals surface area contributed by atoms with Crippen LogP contribution in [0.15, 0.2) is 54.6 Å². The average Bonchev–Trinajstić information content (AvgIpc) is 2.67. The zero-order chi connectivity index (χ0) is 19.8. The van der Waals surface area contributed by atoms with Crippen molar-refractivity contribution in [3.63, 3.8) is 0 Å². The normalized spacial score (nSPS) is 11.3. The molecular weight excluding hydrogens is 348 g/mol. The Morgan fingerprint density at radius 2 is 1.85 bits per heavy atom. The van der Waals surface area contributed by atoms with Crippen LogP contribution >= 0.6 is 0 Å². The van der Waals surface area contributed by atoms with E-state index in [9.17, 15) is 19.7 Å². The number of non-ortho nitro benzene ring substituents is 1. The second-order valence-electron chi connectivity index (χ2n) is 6.03. The van der Waals surface area contributed by atoms with E-state index >= 15 is 0 Å². The maximum absolute atomic E-state index is 12.3. The molecule has 0 aliphatic heterocycles. The van der Waals surface area contributed by atoms with Crippen LogP contribution < -0.4 is 10.6 Å². The number of nitro benzene ring substituents is 1. The summed E-state index contributed by atoms with van der Waals surface area (Å²) in [6.45, 7) is 1.98. The lowest BCUT2D eigenvalue weighted by atomic mass is 10.1. The highest BCUT2D eigenvalue weighted by atomic mass is 16.6. The SMILES string of the molecule is CC(c1cccc([N+](=O)[O-])c1)N(C)C(=O)CCNC(=O)Nc1ccccc1. The maximum atomic E-state index is 12.3. The number of nitrogens with zero attached hydrogens (tertiary/aromatic N) is 2. The van der Waals surface area contributed by atoms with E-state index in [0.29, 0.717) is 11.3 Å². The topological polar surface area (TPSA) is 105 Å². The van der Waals surface area contributed by atoms with Crippen molar-refractivity contribution < 1.29 is 14.5 Å². The molecule has 0 aliphatic carbocycles. The molecule has 0 spiro atoms. The number of carbonyl (C=O) groups excluding carboxylic acids is 2. The lowest BCUT2D eigenvalue weighted by Gasteiger charge is -2.25. The molecule has 1 atom stereocenters. The van der Waals surface area contributed by atoms with Gasteiger partial charge in [0.05, 0.1) is 11.0 Å². The Kier molecular flexibility index (Phi) is 6.87. The third kappa shape index (κ3) is 5.81. The molecule has 0 saturated carbocycles. The van der Waals surface area contributed by atoms with Gasteiger partial charge in [-0.15, -0.1) is 0 Å². The third-order valence-electron chi connectivity index (χ3n) is 4.19. The molecule has 0 bridgehead atoms. The molecule has 0 aliphatic rings. The zero-order valence-corrected chi connectivity index (χ0v) is 15.2. The Morgan fingerprint density at radius 3 is 2.52 bits per heavy atom. The van der Waals surface area contributed by atoms with Gasteiger partial charge in [-0.2, -0.15) is 0 Å². The van der Waals surface area contributed by atoms with Crippen molar-refractivity contribution in [1.82, 2.24) is 10.2 Å². The minimum Gasteiger partial charge on any atom is -0.339 e. The van der Waals surface area contributed by atoms with Gasteiger partial charge in [-0.1, -0.05) is 30.3 Å². The largest absolute Gasteiger partial charge is 0.339 e. The lowest BCUT2D eigenvalue weighted by molar-refractivity contribution is -0.384. The van der Waals surface area contributed by atoms with E-state index in [-0.39, 0.29) is 36.6 Å². The van der Waals surface area contributed by atoms with Gasteiger partial charge in [-0.3, -0.25) is 14.9 Å². The van der Waals surface area contributed by atoms with Gasteiger partial charge in [-0.25, -0.2) is 4.79 Å². The molecule has 142 valence electrons. The van der Waals surface area contributed by atoms with Crippen molar-refractivity contribution in [2.24, 2.45) is 0 Å². The van der Waals surface area contributed by atoms with Crippen molar-refractivity contribution in [1.29, 1.82) is 0 Å². The van der Waals surface area contributed by atoms with Gasteiger partial charge in [0.15, 0.2) is 0 Å². The first kappa shape index (κ1) is 19.9. The Labute approximate surface area is 157 Å². The number of carbonyl (C=O) groups is 2. The minimum atomic E-state index is -0.465. The number of anilines is 1.